The fourth-order valence-electron chi connectivity index (χ4n) is 1.69. The summed E-state index contributed by atoms with van der Waals surface area (Å²) in [5.74, 6) is -2.47. The number of aryl methyl sites for hydroxylation is 1. The number of ketones is 1. The predicted molar refractivity (Wildman–Crippen MR) is 73.7 cm³/mol. The van der Waals surface area contributed by atoms with E-state index in [1.807, 2.05) is 0 Å². The molecule has 0 bridgehead atoms. The van der Waals surface area contributed by atoms with Crippen molar-refractivity contribution in [2.45, 2.75) is 6.92 Å². The van der Waals surface area contributed by atoms with Crippen molar-refractivity contribution in [1.82, 2.24) is 0 Å². The predicted octanol–water partition coefficient (Wildman–Crippen LogP) is 4.92. The molecule has 19 heavy (non-hydrogen) atoms. The van der Waals surface area contributed by atoms with Gasteiger partial charge in [0.15, 0.2) is 5.78 Å². The maximum atomic E-state index is 13.9. The second kappa shape index (κ2) is 5.39. The van der Waals surface area contributed by atoms with Crippen LogP contribution >= 0.6 is 27.5 Å². The summed E-state index contributed by atoms with van der Waals surface area (Å²) >= 11 is 9.00. The van der Waals surface area contributed by atoms with Crippen molar-refractivity contribution >= 4 is 33.3 Å². The summed E-state index contributed by atoms with van der Waals surface area (Å²) in [6.07, 6.45) is 0. The lowest BCUT2D eigenvalue weighted by Crippen LogP contribution is -2.09. The molecular weight excluding hydrogens is 338 g/mol. The molecule has 2 rings (SSSR count). The third-order valence-corrected chi connectivity index (χ3v) is 3.31. The summed E-state index contributed by atoms with van der Waals surface area (Å²) in [6, 6.07) is 6.78. The monoisotopic (exact) mass is 344 g/mol. The van der Waals surface area contributed by atoms with Crippen molar-refractivity contribution in [3.8, 4) is 0 Å². The van der Waals surface area contributed by atoms with Gasteiger partial charge in [-0.25, -0.2) is 8.78 Å². The van der Waals surface area contributed by atoms with Crippen LogP contribution < -0.4 is 0 Å². The Morgan fingerprint density at radius 2 is 1.89 bits per heavy atom. The van der Waals surface area contributed by atoms with Crippen molar-refractivity contribution in [2.75, 3.05) is 0 Å². The summed E-state index contributed by atoms with van der Waals surface area (Å²) in [4.78, 5) is 12.2. The highest BCUT2D eigenvalue weighted by Crippen LogP contribution is 2.24. The van der Waals surface area contributed by atoms with E-state index in [2.05, 4.69) is 15.9 Å². The first-order valence-electron chi connectivity index (χ1n) is 5.35. The Hall–Kier alpha value is -1.26. The molecule has 0 unspecified atom stereocenters. The van der Waals surface area contributed by atoms with E-state index in [0.29, 0.717) is 9.50 Å². The summed E-state index contributed by atoms with van der Waals surface area (Å²) in [5, 5.41) is 0.311. The normalized spacial score (nSPS) is 10.6. The number of benzene rings is 2. The van der Waals surface area contributed by atoms with E-state index >= 15 is 0 Å². The third kappa shape index (κ3) is 2.85. The van der Waals surface area contributed by atoms with E-state index < -0.39 is 23.0 Å². The van der Waals surface area contributed by atoms with Gasteiger partial charge in [-0.3, -0.25) is 4.79 Å². The SMILES string of the molecule is Cc1ccc(F)c(C(=O)c2cc(Cl)cc(Br)c2)c1F. The molecule has 0 heterocycles. The summed E-state index contributed by atoms with van der Waals surface area (Å²) in [7, 11) is 0. The summed E-state index contributed by atoms with van der Waals surface area (Å²) in [5.41, 5.74) is -0.220. The molecule has 0 saturated heterocycles. The quantitative estimate of drug-likeness (QED) is 0.706. The molecule has 0 N–H and O–H groups in total. The Morgan fingerprint density at radius 1 is 1.21 bits per heavy atom. The van der Waals surface area contributed by atoms with Gasteiger partial charge >= 0.3 is 0 Å². The zero-order valence-electron chi connectivity index (χ0n) is 9.81. The number of hydrogen-bond acceptors (Lipinski definition) is 1. The van der Waals surface area contributed by atoms with Crippen LogP contribution in [0.15, 0.2) is 34.8 Å². The van der Waals surface area contributed by atoms with Crippen molar-refractivity contribution in [3.63, 3.8) is 0 Å². The van der Waals surface area contributed by atoms with Gasteiger partial charge in [-0.15, -0.1) is 0 Å². The zero-order valence-corrected chi connectivity index (χ0v) is 12.1. The lowest BCUT2D eigenvalue weighted by molar-refractivity contribution is 0.103. The molecule has 0 radical (unpaired) electrons. The third-order valence-electron chi connectivity index (χ3n) is 2.64. The smallest absolute Gasteiger partial charge is 0.199 e. The van der Waals surface area contributed by atoms with Crippen LogP contribution in [0.1, 0.15) is 21.5 Å². The molecule has 1 nitrogen and oxygen atoms in total. The first-order valence-corrected chi connectivity index (χ1v) is 6.52. The average Bonchev–Trinajstić information content (AvgIpc) is 2.33. The minimum atomic E-state index is -0.885. The van der Waals surface area contributed by atoms with Gasteiger partial charge in [0.2, 0.25) is 0 Å². The maximum absolute atomic E-state index is 13.9. The molecule has 0 amide bonds. The molecule has 0 fully saturated rings. The Morgan fingerprint density at radius 3 is 2.53 bits per heavy atom. The van der Waals surface area contributed by atoms with Crippen LogP contribution in [-0.2, 0) is 0 Å². The first kappa shape index (κ1) is 14.2. The molecule has 2 aromatic carbocycles. The first-order chi connectivity index (χ1) is 8.90. The van der Waals surface area contributed by atoms with Crippen LogP contribution in [0.4, 0.5) is 8.78 Å². The Bertz CT molecular complexity index is 650. The Labute approximate surface area is 122 Å². The molecular formula is C14H8BrClF2O. The van der Waals surface area contributed by atoms with Crippen molar-refractivity contribution in [2.24, 2.45) is 0 Å². The van der Waals surface area contributed by atoms with Gasteiger partial charge in [0.25, 0.3) is 0 Å². The fraction of sp³-hybridized carbons (Fsp3) is 0.0714. The summed E-state index contributed by atoms with van der Waals surface area (Å²) in [6.45, 7) is 1.47. The van der Waals surface area contributed by atoms with E-state index in [-0.39, 0.29) is 11.1 Å². The number of hydrogen-bond donors (Lipinski definition) is 0. The van der Waals surface area contributed by atoms with Crippen molar-refractivity contribution < 1.29 is 13.6 Å². The van der Waals surface area contributed by atoms with Gasteiger partial charge in [0.1, 0.15) is 11.6 Å². The number of rotatable bonds is 2. The van der Waals surface area contributed by atoms with Crippen LogP contribution in [0.3, 0.4) is 0 Å². The van der Waals surface area contributed by atoms with E-state index in [1.165, 1.54) is 25.1 Å². The van der Waals surface area contributed by atoms with Crippen LogP contribution in [0.5, 0.6) is 0 Å². The van der Waals surface area contributed by atoms with E-state index in [4.69, 9.17) is 11.6 Å². The van der Waals surface area contributed by atoms with E-state index in [0.717, 1.165) is 6.07 Å². The molecule has 0 aliphatic carbocycles. The number of carbonyl (C=O) groups excluding carboxylic acids is 1. The second-order valence-electron chi connectivity index (χ2n) is 4.04. The van der Waals surface area contributed by atoms with E-state index in [9.17, 15) is 13.6 Å². The highest BCUT2D eigenvalue weighted by atomic mass is 79.9. The minimum absolute atomic E-state index is 0.128. The van der Waals surface area contributed by atoms with Crippen LogP contribution in [-0.4, -0.2) is 5.78 Å². The molecule has 98 valence electrons. The van der Waals surface area contributed by atoms with Gasteiger partial charge in [-0.1, -0.05) is 33.6 Å². The van der Waals surface area contributed by atoms with Gasteiger partial charge in [-0.05, 0) is 36.8 Å². The fourth-order valence-corrected chi connectivity index (χ4v) is 2.55. The van der Waals surface area contributed by atoms with Crippen molar-refractivity contribution in [1.29, 1.82) is 0 Å². The average molecular weight is 346 g/mol. The number of halogens is 4. The lowest BCUT2D eigenvalue weighted by atomic mass is 10.0. The van der Waals surface area contributed by atoms with Crippen molar-refractivity contribution in [3.05, 3.63) is 68.2 Å². The lowest BCUT2D eigenvalue weighted by Gasteiger charge is -2.07. The van der Waals surface area contributed by atoms with Crippen LogP contribution in [0, 0.1) is 18.6 Å². The largest absolute Gasteiger partial charge is 0.288 e. The second-order valence-corrected chi connectivity index (χ2v) is 5.39. The van der Waals surface area contributed by atoms with Crippen LogP contribution in [0.2, 0.25) is 5.02 Å². The Balaban J connectivity index is 2.59. The molecule has 0 aromatic heterocycles. The van der Waals surface area contributed by atoms with Gasteiger partial charge in [0, 0.05) is 15.1 Å². The number of carbonyl (C=O) groups is 1. The topological polar surface area (TPSA) is 17.1 Å². The highest BCUT2D eigenvalue weighted by molar-refractivity contribution is 9.10. The molecule has 0 atom stereocenters. The maximum Gasteiger partial charge on any atom is 0.199 e. The molecule has 5 heteroatoms. The van der Waals surface area contributed by atoms with E-state index in [1.54, 1.807) is 6.07 Å². The zero-order chi connectivity index (χ0) is 14.2. The molecule has 2 aromatic rings. The molecule has 0 spiro atoms. The molecule has 0 aliphatic rings. The highest BCUT2D eigenvalue weighted by Gasteiger charge is 2.21. The van der Waals surface area contributed by atoms with Crippen LogP contribution in [0.25, 0.3) is 0 Å². The summed E-state index contributed by atoms with van der Waals surface area (Å²) < 4.78 is 28.1. The van der Waals surface area contributed by atoms with Gasteiger partial charge in [-0.2, -0.15) is 0 Å². The molecule has 0 aliphatic heterocycles. The minimum Gasteiger partial charge on any atom is -0.288 e. The van der Waals surface area contributed by atoms with Gasteiger partial charge < -0.3 is 0 Å². The Kier molecular flexibility index (Phi) is 4.02. The molecule has 0 saturated carbocycles. The standard InChI is InChI=1S/C14H8BrClF2O/c1-7-2-3-11(17)12(13(7)18)14(19)8-4-9(15)6-10(16)5-8/h2-6H,1H3. The van der Waals surface area contributed by atoms with Gasteiger partial charge in [0.05, 0.1) is 5.56 Å².